The molecule has 0 radical (unpaired) electrons. The lowest BCUT2D eigenvalue weighted by Gasteiger charge is -2.27. The van der Waals surface area contributed by atoms with E-state index in [0.717, 1.165) is 38.9 Å². The summed E-state index contributed by atoms with van der Waals surface area (Å²) in [6, 6.07) is 11.6. The summed E-state index contributed by atoms with van der Waals surface area (Å²) in [6.07, 6.45) is 3.82. The van der Waals surface area contributed by atoms with E-state index in [0.29, 0.717) is 61.2 Å². The lowest BCUT2D eigenvalue weighted by Crippen LogP contribution is -2.33. The van der Waals surface area contributed by atoms with Crippen molar-refractivity contribution in [3.05, 3.63) is 59.2 Å². The predicted octanol–water partition coefficient (Wildman–Crippen LogP) is 6.21. The molecule has 0 saturated carbocycles. The van der Waals surface area contributed by atoms with Gasteiger partial charge in [-0.1, -0.05) is 39.7 Å². The minimum Gasteiger partial charge on any atom is -0.507 e. The SMILES string of the molecule is CCCCCOc1ccc(C2C(=C(O)c3ccc(OCC)cc3)C(=O)C(=O)N2CCCN(CC)CC)cc1OCC. The first-order chi connectivity index (χ1) is 19.9. The van der Waals surface area contributed by atoms with Gasteiger partial charge in [-0.2, -0.15) is 0 Å². The number of amides is 1. The van der Waals surface area contributed by atoms with Gasteiger partial charge in [-0.15, -0.1) is 0 Å². The fraction of sp³-hybridized carbons (Fsp3) is 0.515. The number of aliphatic hydroxyl groups is 1. The number of carbonyl (C=O) groups excluding carboxylic acids is 2. The lowest BCUT2D eigenvalue weighted by atomic mass is 9.95. The highest BCUT2D eigenvalue weighted by Gasteiger charge is 2.46. The highest BCUT2D eigenvalue weighted by molar-refractivity contribution is 6.46. The number of ketones is 1. The van der Waals surface area contributed by atoms with E-state index in [-0.39, 0.29) is 11.3 Å². The summed E-state index contributed by atoms with van der Waals surface area (Å²) in [5, 5.41) is 11.4. The standard InChI is InChI=1S/C33H46N2O6/c1-6-11-12-22-41-27-19-16-25(23-28(27)40-10-5)30-29(31(36)24-14-17-26(18-15-24)39-9-4)32(37)33(38)35(30)21-13-20-34(7-2)8-3/h14-19,23,30,36H,6-13,20-22H2,1-5H3. The van der Waals surface area contributed by atoms with Crippen LogP contribution in [0.1, 0.15) is 77.5 Å². The lowest BCUT2D eigenvalue weighted by molar-refractivity contribution is -0.140. The van der Waals surface area contributed by atoms with Crippen molar-refractivity contribution in [3.8, 4) is 17.2 Å². The molecule has 1 atom stereocenters. The van der Waals surface area contributed by atoms with Gasteiger partial charge < -0.3 is 29.1 Å². The van der Waals surface area contributed by atoms with E-state index in [9.17, 15) is 14.7 Å². The third kappa shape index (κ3) is 8.03. The van der Waals surface area contributed by atoms with E-state index >= 15 is 0 Å². The third-order valence-electron chi connectivity index (χ3n) is 7.34. The third-order valence-corrected chi connectivity index (χ3v) is 7.34. The van der Waals surface area contributed by atoms with Gasteiger partial charge in [0.25, 0.3) is 11.7 Å². The van der Waals surface area contributed by atoms with Gasteiger partial charge in [-0.25, -0.2) is 0 Å². The van der Waals surface area contributed by atoms with Gasteiger partial charge in [0, 0.05) is 12.1 Å². The zero-order valence-corrected chi connectivity index (χ0v) is 25.3. The second-order valence-corrected chi connectivity index (χ2v) is 10.0. The molecule has 1 aliphatic heterocycles. The van der Waals surface area contributed by atoms with E-state index < -0.39 is 17.7 Å². The minimum atomic E-state index is -0.758. The number of hydrogen-bond donors (Lipinski definition) is 1. The number of rotatable bonds is 17. The topological polar surface area (TPSA) is 88.5 Å². The Morgan fingerprint density at radius 1 is 0.854 bits per heavy atom. The van der Waals surface area contributed by atoms with E-state index in [1.807, 2.05) is 32.0 Å². The van der Waals surface area contributed by atoms with Crippen LogP contribution in [0.4, 0.5) is 0 Å². The Hall–Kier alpha value is -3.52. The van der Waals surface area contributed by atoms with Gasteiger partial charge in [0.15, 0.2) is 11.5 Å². The van der Waals surface area contributed by atoms with Crippen LogP contribution in [0.3, 0.4) is 0 Å². The smallest absolute Gasteiger partial charge is 0.295 e. The first-order valence-electron chi connectivity index (χ1n) is 15.0. The largest absolute Gasteiger partial charge is 0.507 e. The Kier molecular flexibility index (Phi) is 12.5. The van der Waals surface area contributed by atoms with Crippen molar-refractivity contribution in [3.63, 3.8) is 0 Å². The van der Waals surface area contributed by atoms with Crippen LogP contribution in [0, 0.1) is 0 Å². The number of nitrogens with zero attached hydrogens (tertiary/aromatic N) is 2. The molecule has 1 aliphatic rings. The summed E-state index contributed by atoms with van der Waals surface area (Å²) in [4.78, 5) is 30.7. The van der Waals surface area contributed by atoms with Crippen molar-refractivity contribution in [1.82, 2.24) is 9.80 Å². The zero-order chi connectivity index (χ0) is 29.8. The summed E-state index contributed by atoms with van der Waals surface area (Å²) < 4.78 is 17.5. The molecule has 1 saturated heterocycles. The summed E-state index contributed by atoms with van der Waals surface area (Å²) >= 11 is 0. The maximum Gasteiger partial charge on any atom is 0.295 e. The highest BCUT2D eigenvalue weighted by Crippen LogP contribution is 2.42. The van der Waals surface area contributed by atoms with Crippen LogP contribution in [0.25, 0.3) is 5.76 Å². The first kappa shape index (κ1) is 32.0. The Bertz CT molecular complexity index is 1170. The first-order valence-corrected chi connectivity index (χ1v) is 15.0. The molecule has 1 N–H and O–H groups in total. The Morgan fingerprint density at radius 2 is 1.56 bits per heavy atom. The molecule has 1 amide bonds. The molecular weight excluding hydrogens is 520 g/mol. The number of Topliss-reactive ketones (excluding diaryl/α,β-unsaturated/α-hetero) is 1. The molecule has 2 aromatic carbocycles. The Morgan fingerprint density at radius 3 is 2.20 bits per heavy atom. The van der Waals surface area contributed by atoms with Gasteiger partial charge in [-0.3, -0.25) is 9.59 Å². The van der Waals surface area contributed by atoms with Crippen LogP contribution >= 0.6 is 0 Å². The number of likely N-dealkylation sites (tertiary alicyclic amines) is 1. The van der Waals surface area contributed by atoms with Gasteiger partial charge >= 0.3 is 0 Å². The van der Waals surface area contributed by atoms with Gasteiger partial charge in [0.05, 0.1) is 31.4 Å². The van der Waals surface area contributed by atoms with Gasteiger partial charge in [0.1, 0.15) is 11.5 Å². The minimum absolute atomic E-state index is 0.0704. The van der Waals surface area contributed by atoms with Crippen molar-refractivity contribution in [1.29, 1.82) is 0 Å². The Labute approximate surface area is 244 Å². The fourth-order valence-corrected chi connectivity index (χ4v) is 5.11. The van der Waals surface area contributed by atoms with E-state index in [1.54, 1.807) is 29.2 Å². The molecule has 0 aliphatic carbocycles. The second-order valence-electron chi connectivity index (χ2n) is 10.0. The number of carbonyl (C=O) groups is 2. The molecule has 8 nitrogen and oxygen atoms in total. The van der Waals surface area contributed by atoms with Crippen molar-refractivity contribution < 1.29 is 28.9 Å². The summed E-state index contributed by atoms with van der Waals surface area (Å²) in [7, 11) is 0. The molecule has 41 heavy (non-hydrogen) atoms. The second kappa shape index (κ2) is 16.1. The highest BCUT2D eigenvalue weighted by atomic mass is 16.5. The summed E-state index contributed by atoms with van der Waals surface area (Å²) in [5.41, 5.74) is 1.20. The Balaban J connectivity index is 2.04. The average Bonchev–Trinajstić information content (AvgIpc) is 3.23. The molecule has 0 spiro atoms. The van der Waals surface area contributed by atoms with Crippen LogP contribution in [0.15, 0.2) is 48.0 Å². The van der Waals surface area contributed by atoms with Crippen molar-refractivity contribution in [2.45, 2.75) is 66.3 Å². The molecule has 3 rings (SSSR count). The molecule has 1 fully saturated rings. The normalized spacial score (nSPS) is 16.4. The number of hydrogen-bond acceptors (Lipinski definition) is 7. The zero-order valence-electron chi connectivity index (χ0n) is 25.3. The van der Waals surface area contributed by atoms with Crippen LogP contribution in [0.5, 0.6) is 17.2 Å². The van der Waals surface area contributed by atoms with Gasteiger partial charge in [-0.05, 0) is 88.3 Å². The molecule has 0 aromatic heterocycles. The van der Waals surface area contributed by atoms with Crippen LogP contribution < -0.4 is 14.2 Å². The van der Waals surface area contributed by atoms with Crippen LogP contribution in [-0.4, -0.2) is 72.6 Å². The number of ether oxygens (including phenoxy) is 3. The van der Waals surface area contributed by atoms with Crippen molar-refractivity contribution in [2.75, 3.05) is 46.0 Å². The molecule has 2 aromatic rings. The number of unbranched alkanes of at least 4 members (excludes halogenated alkanes) is 2. The number of benzene rings is 2. The molecule has 0 bridgehead atoms. The van der Waals surface area contributed by atoms with Crippen molar-refractivity contribution >= 4 is 17.4 Å². The summed E-state index contributed by atoms with van der Waals surface area (Å²) in [6.45, 7) is 14.7. The monoisotopic (exact) mass is 566 g/mol. The molecular formula is C33H46N2O6. The van der Waals surface area contributed by atoms with Crippen molar-refractivity contribution in [2.24, 2.45) is 0 Å². The van der Waals surface area contributed by atoms with Gasteiger partial charge in [0.2, 0.25) is 0 Å². The maximum absolute atomic E-state index is 13.5. The summed E-state index contributed by atoms with van der Waals surface area (Å²) in [5.74, 6) is 0.323. The average molecular weight is 567 g/mol. The van der Waals surface area contributed by atoms with Crippen LogP contribution in [0.2, 0.25) is 0 Å². The predicted molar refractivity (Wildman–Crippen MR) is 162 cm³/mol. The van der Waals surface area contributed by atoms with E-state index in [2.05, 4.69) is 25.7 Å². The van der Waals surface area contributed by atoms with E-state index in [4.69, 9.17) is 14.2 Å². The maximum atomic E-state index is 13.5. The van der Waals surface area contributed by atoms with Crippen LogP contribution in [-0.2, 0) is 9.59 Å². The number of aliphatic hydroxyl groups excluding tert-OH is 1. The molecule has 1 heterocycles. The quantitative estimate of drug-likeness (QED) is 0.105. The molecule has 1 unspecified atom stereocenters. The molecule has 8 heteroatoms. The molecule has 224 valence electrons. The van der Waals surface area contributed by atoms with E-state index in [1.165, 1.54) is 0 Å². The fourth-order valence-electron chi connectivity index (χ4n) is 5.11.